The fourth-order valence-corrected chi connectivity index (χ4v) is 4.52. The number of carbonyl (C=O) groups is 1. The van der Waals surface area contributed by atoms with Crippen LogP contribution in [0, 0.1) is 0 Å². The minimum absolute atomic E-state index is 0.163. The number of benzene rings is 1. The second kappa shape index (κ2) is 7.24. The van der Waals surface area contributed by atoms with E-state index in [-0.39, 0.29) is 19.3 Å². The third-order valence-corrected chi connectivity index (χ3v) is 6.10. The first-order chi connectivity index (χ1) is 10.5. The van der Waals surface area contributed by atoms with Crippen molar-refractivity contribution in [1.29, 1.82) is 0 Å². The van der Waals surface area contributed by atoms with Crippen molar-refractivity contribution in [3.8, 4) is 5.75 Å². The summed E-state index contributed by atoms with van der Waals surface area (Å²) in [5.74, 6) is -0.419. The molecule has 2 rings (SSSR count). The van der Waals surface area contributed by atoms with Gasteiger partial charge in [0.25, 0.3) is 0 Å². The highest BCUT2D eigenvalue weighted by atomic mass is 31.2. The Morgan fingerprint density at radius 1 is 1.41 bits per heavy atom. The molecule has 0 spiro atoms. The molecule has 0 bridgehead atoms. The summed E-state index contributed by atoms with van der Waals surface area (Å²) >= 11 is 0. The summed E-state index contributed by atoms with van der Waals surface area (Å²) in [6, 6.07) is 6.63. The molecule has 1 fully saturated rings. The highest BCUT2D eigenvalue weighted by Gasteiger charge is 2.38. The smallest absolute Gasteiger partial charge is 0.318 e. The number of carboxylic acid groups (broad SMARTS) is 1. The van der Waals surface area contributed by atoms with E-state index >= 15 is 0 Å². The molecule has 1 aliphatic rings. The fourth-order valence-electron chi connectivity index (χ4n) is 2.30. The molecule has 0 amide bonds. The van der Waals surface area contributed by atoms with Gasteiger partial charge in [0.2, 0.25) is 0 Å². The van der Waals surface area contributed by atoms with Gasteiger partial charge in [-0.2, -0.15) is 0 Å². The number of ether oxygens (including phenoxy) is 2. The molecule has 0 aromatic heterocycles. The molecule has 1 aromatic rings. The lowest BCUT2D eigenvalue weighted by Crippen LogP contribution is -2.32. The fraction of sp³-hybridized carbons (Fsp3) is 0.500. The third-order valence-electron chi connectivity index (χ3n) is 3.57. The zero-order valence-electron chi connectivity index (χ0n) is 12.6. The molecule has 1 aliphatic heterocycles. The number of carboxylic acids is 1. The zero-order valence-corrected chi connectivity index (χ0v) is 13.5. The Morgan fingerprint density at radius 2 is 2.09 bits per heavy atom. The molecule has 0 saturated carbocycles. The Labute approximate surface area is 129 Å². The number of aliphatic carboxylic acids is 1. The Balaban J connectivity index is 2.34. The average Bonchev–Trinajstić information content (AvgIpc) is 2.68. The maximum absolute atomic E-state index is 13.3. The van der Waals surface area contributed by atoms with Crippen molar-refractivity contribution in [2.75, 3.05) is 33.9 Å². The minimum atomic E-state index is -3.44. The SMILES string of the molecule is COc1ccc(P2(=O)OCC(OC)CCN2CC(=O)O)cc1. The second-order valence-corrected chi connectivity index (χ2v) is 7.32. The monoisotopic (exact) mass is 329 g/mol. The van der Waals surface area contributed by atoms with Crippen molar-refractivity contribution < 1.29 is 28.5 Å². The molecule has 2 atom stereocenters. The Hall–Kier alpha value is -1.40. The van der Waals surface area contributed by atoms with E-state index in [1.807, 2.05) is 0 Å². The summed E-state index contributed by atoms with van der Waals surface area (Å²) in [5.41, 5.74) is 0. The van der Waals surface area contributed by atoms with Gasteiger partial charge in [0.15, 0.2) is 0 Å². The molecule has 1 aromatic carbocycles. The van der Waals surface area contributed by atoms with Gasteiger partial charge in [0, 0.05) is 13.7 Å². The number of methoxy groups -OCH3 is 2. The molecule has 1 N–H and O–H groups in total. The summed E-state index contributed by atoms with van der Waals surface area (Å²) in [6.45, 7) is 0.143. The van der Waals surface area contributed by atoms with Crippen LogP contribution in [0.3, 0.4) is 0 Å². The summed E-state index contributed by atoms with van der Waals surface area (Å²) < 4.78 is 30.7. The van der Waals surface area contributed by atoms with Gasteiger partial charge in [-0.25, -0.2) is 4.67 Å². The molecule has 22 heavy (non-hydrogen) atoms. The first-order valence-electron chi connectivity index (χ1n) is 6.89. The topological polar surface area (TPSA) is 85.3 Å². The van der Waals surface area contributed by atoms with Gasteiger partial charge in [-0.05, 0) is 30.7 Å². The molecule has 1 heterocycles. The van der Waals surface area contributed by atoms with E-state index in [0.717, 1.165) is 0 Å². The van der Waals surface area contributed by atoms with Gasteiger partial charge >= 0.3 is 13.5 Å². The molecule has 2 unspecified atom stereocenters. The average molecular weight is 329 g/mol. The van der Waals surface area contributed by atoms with Gasteiger partial charge < -0.3 is 19.1 Å². The van der Waals surface area contributed by atoms with Crippen molar-refractivity contribution in [3.63, 3.8) is 0 Å². The first kappa shape index (κ1) is 17.0. The quantitative estimate of drug-likeness (QED) is 0.816. The Morgan fingerprint density at radius 3 is 2.64 bits per heavy atom. The van der Waals surface area contributed by atoms with Crippen molar-refractivity contribution in [1.82, 2.24) is 4.67 Å². The zero-order chi connectivity index (χ0) is 16.2. The first-order valence-corrected chi connectivity index (χ1v) is 8.46. The third kappa shape index (κ3) is 3.67. The van der Waals surface area contributed by atoms with Gasteiger partial charge in [-0.15, -0.1) is 0 Å². The summed E-state index contributed by atoms with van der Waals surface area (Å²) in [4.78, 5) is 11.1. The van der Waals surface area contributed by atoms with Crippen molar-refractivity contribution in [2.45, 2.75) is 12.5 Å². The molecular formula is C14H20NO6P. The summed E-state index contributed by atoms with van der Waals surface area (Å²) in [7, 11) is -0.342. The highest BCUT2D eigenvalue weighted by Crippen LogP contribution is 2.51. The normalized spacial score (nSPS) is 26.4. The van der Waals surface area contributed by atoms with E-state index in [1.54, 1.807) is 38.5 Å². The van der Waals surface area contributed by atoms with Crippen LogP contribution in [-0.4, -0.2) is 55.8 Å². The highest BCUT2D eigenvalue weighted by molar-refractivity contribution is 7.64. The van der Waals surface area contributed by atoms with Crippen LogP contribution >= 0.6 is 7.52 Å². The molecule has 1 saturated heterocycles. The van der Waals surface area contributed by atoms with Crippen LogP contribution < -0.4 is 10.0 Å². The van der Waals surface area contributed by atoms with E-state index < -0.39 is 13.5 Å². The van der Waals surface area contributed by atoms with Crippen LogP contribution in [-0.2, 0) is 18.6 Å². The van der Waals surface area contributed by atoms with Crippen molar-refractivity contribution >= 4 is 18.8 Å². The van der Waals surface area contributed by atoms with Crippen LogP contribution in [0.5, 0.6) is 5.75 Å². The van der Waals surface area contributed by atoms with Crippen LogP contribution in [0.1, 0.15) is 6.42 Å². The lowest BCUT2D eigenvalue weighted by molar-refractivity contribution is -0.137. The van der Waals surface area contributed by atoms with Crippen molar-refractivity contribution in [3.05, 3.63) is 24.3 Å². The number of hydrogen-bond donors (Lipinski definition) is 1. The van der Waals surface area contributed by atoms with Crippen molar-refractivity contribution in [2.24, 2.45) is 0 Å². The van der Waals surface area contributed by atoms with Crippen LogP contribution in [0.2, 0.25) is 0 Å². The molecule has 0 radical (unpaired) electrons. The van der Waals surface area contributed by atoms with Gasteiger partial charge in [-0.1, -0.05) is 0 Å². The van der Waals surface area contributed by atoms with E-state index in [2.05, 4.69) is 0 Å². The van der Waals surface area contributed by atoms with E-state index in [4.69, 9.17) is 19.1 Å². The Kier molecular flexibility index (Phi) is 5.58. The molecule has 7 nitrogen and oxygen atoms in total. The number of rotatable bonds is 5. The lowest BCUT2D eigenvalue weighted by atomic mass is 10.2. The molecule has 122 valence electrons. The largest absolute Gasteiger partial charge is 0.497 e. The van der Waals surface area contributed by atoms with Gasteiger partial charge in [0.1, 0.15) is 12.3 Å². The second-order valence-electron chi connectivity index (χ2n) is 4.94. The maximum Gasteiger partial charge on any atom is 0.318 e. The Bertz CT molecular complexity index is 561. The molecule has 8 heteroatoms. The predicted molar refractivity (Wildman–Crippen MR) is 80.8 cm³/mol. The van der Waals surface area contributed by atoms with Crippen LogP contribution in [0.4, 0.5) is 0 Å². The molecule has 0 aliphatic carbocycles. The van der Waals surface area contributed by atoms with E-state index in [9.17, 15) is 9.36 Å². The van der Waals surface area contributed by atoms with Gasteiger partial charge in [0.05, 0.1) is 25.1 Å². The van der Waals surface area contributed by atoms with Gasteiger partial charge in [-0.3, -0.25) is 9.36 Å². The van der Waals surface area contributed by atoms with E-state index in [1.165, 1.54) is 4.67 Å². The summed E-state index contributed by atoms with van der Waals surface area (Å²) in [5, 5.41) is 9.52. The van der Waals surface area contributed by atoms with Crippen LogP contribution in [0.25, 0.3) is 0 Å². The number of hydrogen-bond acceptors (Lipinski definition) is 5. The van der Waals surface area contributed by atoms with E-state index in [0.29, 0.717) is 24.0 Å². The summed E-state index contributed by atoms with van der Waals surface area (Å²) in [6.07, 6.45) is 0.356. The van der Waals surface area contributed by atoms with Crippen LogP contribution in [0.15, 0.2) is 24.3 Å². The predicted octanol–water partition coefficient (Wildman–Crippen LogP) is 1.34. The number of nitrogens with zero attached hydrogens (tertiary/aromatic N) is 1. The minimum Gasteiger partial charge on any atom is -0.497 e. The maximum atomic E-state index is 13.3. The standard InChI is InChI=1S/C14H20NO6P/c1-19-11-3-5-13(6-4-11)22(18)15(9-14(16)17)8-7-12(20-2)10-21-22/h3-6,12H,7-10H2,1-2H3,(H,16,17). The molecular weight excluding hydrogens is 309 g/mol. The lowest BCUT2D eigenvalue weighted by Gasteiger charge is -2.27.